The Morgan fingerprint density at radius 2 is 1.93 bits per heavy atom. The quantitative estimate of drug-likeness (QED) is 0.685. The van der Waals surface area contributed by atoms with Gasteiger partial charge in [0.1, 0.15) is 16.4 Å². The number of hydrogen-bond donors (Lipinski definition) is 0. The van der Waals surface area contributed by atoms with Crippen LogP contribution in [0.5, 0.6) is 11.5 Å². The van der Waals surface area contributed by atoms with Crippen LogP contribution in [0.25, 0.3) is 0 Å². The number of allylic oxidation sites excluding steroid dienone is 2. The van der Waals surface area contributed by atoms with E-state index in [2.05, 4.69) is 26.0 Å². The van der Waals surface area contributed by atoms with Crippen molar-refractivity contribution < 1.29 is 17.9 Å². The molecule has 0 radical (unpaired) electrons. The molecule has 0 aliphatic carbocycles. The molecule has 27 heavy (non-hydrogen) atoms. The van der Waals surface area contributed by atoms with Crippen molar-refractivity contribution in [3.63, 3.8) is 0 Å². The Kier molecular flexibility index (Phi) is 7.34. The van der Waals surface area contributed by atoms with Crippen molar-refractivity contribution in [1.82, 2.24) is 4.31 Å². The summed E-state index contributed by atoms with van der Waals surface area (Å²) in [7, 11) is -2.13. The highest BCUT2D eigenvalue weighted by atomic mass is 32.2. The van der Waals surface area contributed by atoms with Crippen molar-refractivity contribution >= 4 is 10.0 Å². The van der Waals surface area contributed by atoms with Gasteiger partial charge in [-0.1, -0.05) is 26.0 Å². The maximum Gasteiger partial charge on any atom is 0.247 e. The second-order valence-electron chi connectivity index (χ2n) is 8.14. The molecule has 1 aliphatic rings. The van der Waals surface area contributed by atoms with Crippen molar-refractivity contribution in [1.29, 1.82) is 0 Å². The standard InChI is InChI=1S/C21H33NO4S/c1-17(2)22-16-21(3,4)13-9-7-6-8-10-14-26-19-15-18(25-5)11-12-20(19)27(22,23)24/h7,9,11-12,15,17H,6,8,10,13-14,16H2,1-5H3/b9-7+. The fourth-order valence-electron chi connectivity index (χ4n) is 3.17. The lowest BCUT2D eigenvalue weighted by molar-refractivity contribution is 0.231. The molecule has 1 aromatic carbocycles. The highest BCUT2D eigenvalue weighted by Crippen LogP contribution is 2.34. The van der Waals surface area contributed by atoms with Gasteiger partial charge in [0.15, 0.2) is 0 Å². The van der Waals surface area contributed by atoms with Gasteiger partial charge in [-0.2, -0.15) is 4.31 Å². The number of rotatable bonds is 2. The predicted octanol–water partition coefficient (Wildman–Crippen LogP) is 4.63. The van der Waals surface area contributed by atoms with E-state index in [0.717, 1.165) is 25.7 Å². The van der Waals surface area contributed by atoms with E-state index in [9.17, 15) is 8.42 Å². The summed E-state index contributed by atoms with van der Waals surface area (Å²) in [5.41, 5.74) is -0.161. The lowest BCUT2D eigenvalue weighted by Crippen LogP contribution is -2.43. The van der Waals surface area contributed by atoms with E-state index >= 15 is 0 Å². The number of ether oxygens (including phenoxy) is 2. The molecule has 1 heterocycles. The van der Waals surface area contributed by atoms with Crippen LogP contribution in [-0.4, -0.2) is 39.0 Å². The number of sulfonamides is 1. The monoisotopic (exact) mass is 395 g/mol. The molecular weight excluding hydrogens is 362 g/mol. The zero-order chi connectivity index (χ0) is 20.1. The van der Waals surface area contributed by atoms with Gasteiger partial charge in [0.2, 0.25) is 10.0 Å². The number of benzene rings is 1. The van der Waals surface area contributed by atoms with E-state index in [4.69, 9.17) is 9.47 Å². The molecule has 6 heteroatoms. The molecule has 5 nitrogen and oxygen atoms in total. The Morgan fingerprint density at radius 3 is 2.59 bits per heavy atom. The second kappa shape index (κ2) is 9.11. The van der Waals surface area contributed by atoms with Crippen LogP contribution in [0.1, 0.15) is 53.4 Å². The molecular formula is C21H33NO4S. The lowest BCUT2D eigenvalue weighted by atomic mass is 9.88. The average molecular weight is 396 g/mol. The predicted molar refractivity (Wildman–Crippen MR) is 109 cm³/mol. The normalized spacial score (nSPS) is 22.3. The van der Waals surface area contributed by atoms with Crippen molar-refractivity contribution in [2.45, 2.75) is 64.3 Å². The number of fused-ring (bicyclic) bond motifs is 1. The molecule has 1 aliphatic heterocycles. The molecule has 0 saturated carbocycles. The van der Waals surface area contributed by atoms with E-state index in [1.54, 1.807) is 29.6 Å². The Bertz CT molecular complexity index is 753. The van der Waals surface area contributed by atoms with Gasteiger partial charge >= 0.3 is 0 Å². The van der Waals surface area contributed by atoms with Gasteiger partial charge in [-0.05, 0) is 57.1 Å². The summed E-state index contributed by atoms with van der Waals surface area (Å²) >= 11 is 0. The lowest BCUT2D eigenvalue weighted by Gasteiger charge is -2.34. The van der Waals surface area contributed by atoms with Crippen molar-refractivity contribution in [2.24, 2.45) is 5.41 Å². The first-order valence-corrected chi connectivity index (χ1v) is 11.1. The minimum Gasteiger partial charge on any atom is -0.497 e. The molecule has 0 bridgehead atoms. The van der Waals surface area contributed by atoms with Crippen molar-refractivity contribution in [2.75, 3.05) is 20.3 Å². The Balaban J connectivity index is 2.52. The van der Waals surface area contributed by atoms with Gasteiger partial charge in [-0.25, -0.2) is 8.42 Å². The van der Waals surface area contributed by atoms with Gasteiger partial charge in [-0.3, -0.25) is 0 Å². The fraction of sp³-hybridized carbons (Fsp3) is 0.619. The van der Waals surface area contributed by atoms with Crippen LogP contribution >= 0.6 is 0 Å². The number of hydrogen-bond acceptors (Lipinski definition) is 4. The third-order valence-electron chi connectivity index (χ3n) is 4.76. The van der Waals surface area contributed by atoms with E-state index in [-0.39, 0.29) is 16.4 Å². The summed E-state index contributed by atoms with van der Waals surface area (Å²) in [5.74, 6) is 0.954. The molecule has 0 aromatic heterocycles. The third-order valence-corrected chi connectivity index (χ3v) is 6.82. The van der Waals surface area contributed by atoms with Crippen LogP contribution in [0.4, 0.5) is 0 Å². The molecule has 2 rings (SSSR count). The van der Waals surface area contributed by atoms with Crippen molar-refractivity contribution in [3.05, 3.63) is 30.4 Å². The Morgan fingerprint density at radius 1 is 1.19 bits per heavy atom. The third kappa shape index (κ3) is 5.72. The van der Waals surface area contributed by atoms with Crippen LogP contribution in [0.15, 0.2) is 35.2 Å². The Labute approximate surface area is 164 Å². The van der Waals surface area contributed by atoms with E-state index in [1.165, 1.54) is 0 Å². The minimum absolute atomic E-state index is 0.152. The topological polar surface area (TPSA) is 55.8 Å². The number of nitrogens with zero attached hydrogens (tertiary/aromatic N) is 1. The van der Waals surface area contributed by atoms with Gasteiger partial charge in [0.25, 0.3) is 0 Å². The van der Waals surface area contributed by atoms with E-state index in [0.29, 0.717) is 24.7 Å². The molecule has 0 unspecified atom stereocenters. The average Bonchev–Trinajstić information content (AvgIpc) is 2.60. The zero-order valence-corrected chi connectivity index (χ0v) is 18.0. The first-order valence-electron chi connectivity index (χ1n) is 9.65. The zero-order valence-electron chi connectivity index (χ0n) is 17.2. The van der Waals surface area contributed by atoms with Crippen LogP contribution in [-0.2, 0) is 10.0 Å². The van der Waals surface area contributed by atoms with Crippen LogP contribution in [0.2, 0.25) is 0 Å². The SMILES string of the molecule is COc1ccc2c(c1)OCCCC/C=C/CC(C)(C)CN(C(C)C)S2(=O)=O. The molecule has 0 atom stereocenters. The van der Waals surface area contributed by atoms with Gasteiger partial charge in [-0.15, -0.1) is 0 Å². The minimum atomic E-state index is -3.70. The van der Waals surface area contributed by atoms with Crippen LogP contribution < -0.4 is 9.47 Å². The summed E-state index contributed by atoms with van der Waals surface area (Å²) in [4.78, 5) is 0.209. The summed E-state index contributed by atoms with van der Waals surface area (Å²) in [6.45, 7) is 8.98. The summed E-state index contributed by atoms with van der Waals surface area (Å²) in [5, 5.41) is 0. The molecule has 0 amide bonds. The first kappa shape index (κ1) is 21.8. The maximum atomic E-state index is 13.5. The molecule has 0 spiro atoms. The van der Waals surface area contributed by atoms with E-state index in [1.807, 2.05) is 13.8 Å². The molecule has 0 fully saturated rings. The van der Waals surface area contributed by atoms with Gasteiger partial charge in [0, 0.05) is 18.7 Å². The number of methoxy groups -OCH3 is 1. The Hall–Kier alpha value is -1.53. The smallest absolute Gasteiger partial charge is 0.247 e. The molecule has 1 aromatic rings. The summed E-state index contributed by atoms with van der Waals surface area (Å²) < 4.78 is 39.8. The highest BCUT2D eigenvalue weighted by Gasteiger charge is 2.34. The van der Waals surface area contributed by atoms with Crippen LogP contribution in [0.3, 0.4) is 0 Å². The van der Waals surface area contributed by atoms with Gasteiger partial charge in [0.05, 0.1) is 13.7 Å². The molecule has 152 valence electrons. The highest BCUT2D eigenvalue weighted by molar-refractivity contribution is 7.89. The maximum absolute atomic E-state index is 13.5. The molecule has 0 saturated heterocycles. The largest absolute Gasteiger partial charge is 0.497 e. The van der Waals surface area contributed by atoms with Crippen LogP contribution in [0, 0.1) is 5.41 Å². The summed E-state index contributed by atoms with van der Waals surface area (Å²) in [6.07, 6.45) is 8.11. The summed E-state index contributed by atoms with van der Waals surface area (Å²) in [6, 6.07) is 4.79. The van der Waals surface area contributed by atoms with E-state index < -0.39 is 10.0 Å². The molecule has 0 N–H and O–H groups in total. The fourth-order valence-corrected chi connectivity index (χ4v) is 5.10. The van der Waals surface area contributed by atoms with Crippen molar-refractivity contribution in [3.8, 4) is 11.5 Å². The van der Waals surface area contributed by atoms with Gasteiger partial charge < -0.3 is 9.47 Å². The second-order valence-corrected chi connectivity index (χ2v) is 10.00. The first-order chi connectivity index (χ1) is 12.7.